The number of nitrogens with one attached hydrogen (secondary N) is 1. The van der Waals surface area contributed by atoms with Gasteiger partial charge in [-0.3, -0.25) is 0 Å². The van der Waals surface area contributed by atoms with Gasteiger partial charge in [-0.05, 0) is 38.5 Å². The van der Waals surface area contributed by atoms with Crippen molar-refractivity contribution in [2.45, 2.75) is 39.1 Å². The van der Waals surface area contributed by atoms with Gasteiger partial charge in [-0.15, -0.1) is 0 Å². The zero-order valence-corrected chi connectivity index (χ0v) is 16.7. The van der Waals surface area contributed by atoms with Gasteiger partial charge < -0.3 is 19.5 Å². The first-order valence-corrected chi connectivity index (χ1v) is 8.64. The molecule has 0 aromatic carbocycles. The fourth-order valence-electron chi connectivity index (χ4n) is 2.16. The minimum Gasteiger partial charge on any atom is -0.464 e. The van der Waals surface area contributed by atoms with Gasteiger partial charge in [0.25, 0.3) is 0 Å². The molecular weight excluding hydrogens is 407 g/mol. The smallest absolute Gasteiger partial charge is 0.433 e. The summed E-state index contributed by atoms with van der Waals surface area (Å²) < 4.78 is 54.6. The third-order valence-corrected chi connectivity index (χ3v) is 3.34. The molecule has 2 aromatic rings. The molecule has 0 saturated heterocycles. The summed E-state index contributed by atoms with van der Waals surface area (Å²) in [6.07, 6.45) is -4.29. The maximum absolute atomic E-state index is 13.2. The Morgan fingerprint density at radius 1 is 1.13 bits per heavy atom. The molecule has 0 atom stereocenters. The minimum absolute atomic E-state index is 0.0308. The Kier molecular flexibility index (Phi) is 6.85. The highest BCUT2D eigenvalue weighted by Gasteiger charge is 2.33. The topological polar surface area (TPSA) is 99.6 Å². The van der Waals surface area contributed by atoms with Crippen LogP contribution in [0.15, 0.2) is 30.5 Å². The zero-order valence-electron chi connectivity index (χ0n) is 16.7. The van der Waals surface area contributed by atoms with E-state index < -0.39 is 29.5 Å². The molecule has 0 radical (unpaired) electrons. The number of rotatable bonds is 5. The van der Waals surface area contributed by atoms with E-state index in [2.05, 4.69) is 20.0 Å². The van der Waals surface area contributed by atoms with E-state index in [4.69, 9.17) is 9.47 Å². The molecule has 0 aliphatic rings. The molecule has 0 fully saturated rings. The second-order valence-electron chi connectivity index (χ2n) is 7.02. The Labute approximate surface area is 170 Å². The third-order valence-electron chi connectivity index (χ3n) is 3.34. The van der Waals surface area contributed by atoms with Crippen LogP contribution in [0.1, 0.15) is 42.5 Å². The van der Waals surface area contributed by atoms with Crippen molar-refractivity contribution in [2.24, 2.45) is 0 Å². The molecule has 0 saturated carbocycles. The van der Waals surface area contributed by atoms with E-state index in [1.807, 2.05) is 0 Å². The monoisotopic (exact) mass is 427 g/mol. The van der Waals surface area contributed by atoms with Crippen molar-refractivity contribution in [2.75, 3.05) is 7.11 Å². The number of amides is 1. The molecule has 1 amide bonds. The lowest BCUT2D eigenvalue weighted by Gasteiger charge is -2.20. The Hall–Kier alpha value is -3.37. The van der Waals surface area contributed by atoms with Crippen LogP contribution in [0.5, 0.6) is 11.6 Å². The van der Waals surface area contributed by atoms with Crippen LogP contribution in [-0.2, 0) is 22.2 Å². The van der Waals surface area contributed by atoms with Crippen LogP contribution >= 0.6 is 0 Å². The van der Waals surface area contributed by atoms with Gasteiger partial charge in [0.1, 0.15) is 17.0 Å². The van der Waals surface area contributed by atoms with Crippen molar-refractivity contribution in [3.8, 4) is 11.6 Å². The number of hydrogen-bond acceptors (Lipinski definition) is 7. The number of aromatic nitrogens is 2. The van der Waals surface area contributed by atoms with Gasteiger partial charge in [-0.2, -0.15) is 13.2 Å². The molecule has 2 rings (SSSR count). The molecular formula is C19H20F3N3O5. The van der Waals surface area contributed by atoms with E-state index in [1.54, 1.807) is 20.8 Å². The van der Waals surface area contributed by atoms with Crippen molar-refractivity contribution < 1.29 is 37.0 Å². The SMILES string of the molecule is COC(=O)c1cc(Oc2cc(CNC(=O)OC(C)(C)C)cc(C(F)(F)F)n2)ccn1. The molecule has 0 aliphatic heterocycles. The van der Waals surface area contributed by atoms with Crippen molar-refractivity contribution in [1.29, 1.82) is 0 Å². The Morgan fingerprint density at radius 3 is 2.43 bits per heavy atom. The average molecular weight is 427 g/mol. The fraction of sp³-hybridized carbons (Fsp3) is 0.368. The van der Waals surface area contributed by atoms with Crippen LogP contribution in [0.25, 0.3) is 0 Å². The van der Waals surface area contributed by atoms with Crippen molar-refractivity contribution in [1.82, 2.24) is 15.3 Å². The summed E-state index contributed by atoms with van der Waals surface area (Å²) in [5, 5.41) is 2.37. The highest BCUT2D eigenvalue weighted by atomic mass is 19.4. The number of esters is 1. The first kappa shape index (κ1) is 22.9. The number of ether oxygens (including phenoxy) is 3. The summed E-state index contributed by atoms with van der Waals surface area (Å²) in [7, 11) is 1.16. The highest BCUT2D eigenvalue weighted by molar-refractivity contribution is 5.87. The number of nitrogens with zero attached hydrogens (tertiary/aromatic N) is 2. The van der Waals surface area contributed by atoms with E-state index >= 15 is 0 Å². The molecule has 2 heterocycles. The van der Waals surface area contributed by atoms with E-state index in [-0.39, 0.29) is 29.4 Å². The largest absolute Gasteiger partial charge is 0.464 e. The van der Waals surface area contributed by atoms with Crippen molar-refractivity contribution >= 4 is 12.1 Å². The lowest BCUT2D eigenvalue weighted by molar-refractivity contribution is -0.141. The van der Waals surface area contributed by atoms with Crippen LogP contribution in [0.3, 0.4) is 0 Å². The second kappa shape index (κ2) is 8.97. The molecule has 0 unspecified atom stereocenters. The molecule has 30 heavy (non-hydrogen) atoms. The second-order valence-corrected chi connectivity index (χ2v) is 7.02. The van der Waals surface area contributed by atoms with Gasteiger partial charge in [-0.25, -0.2) is 19.6 Å². The predicted octanol–water partition coefficient (Wildman–Crippen LogP) is 4.10. The van der Waals surface area contributed by atoms with Crippen LogP contribution in [-0.4, -0.2) is 34.7 Å². The number of halogens is 3. The zero-order chi connectivity index (χ0) is 22.5. The molecule has 8 nitrogen and oxygen atoms in total. The van der Waals surface area contributed by atoms with E-state index in [0.29, 0.717) is 0 Å². The average Bonchev–Trinajstić information content (AvgIpc) is 2.64. The number of alkyl halides is 3. The van der Waals surface area contributed by atoms with Gasteiger partial charge in [0.15, 0.2) is 5.69 Å². The highest BCUT2D eigenvalue weighted by Crippen LogP contribution is 2.31. The molecule has 0 bridgehead atoms. The summed E-state index contributed by atoms with van der Waals surface area (Å²) in [4.78, 5) is 30.6. The minimum atomic E-state index is -4.74. The quantitative estimate of drug-likeness (QED) is 0.717. The fourth-order valence-corrected chi connectivity index (χ4v) is 2.16. The molecule has 0 spiro atoms. The Morgan fingerprint density at radius 2 is 1.83 bits per heavy atom. The van der Waals surface area contributed by atoms with Crippen LogP contribution in [0, 0.1) is 0 Å². The molecule has 2 aromatic heterocycles. The normalized spacial score (nSPS) is 11.6. The van der Waals surface area contributed by atoms with Crippen LogP contribution < -0.4 is 10.1 Å². The van der Waals surface area contributed by atoms with E-state index in [9.17, 15) is 22.8 Å². The molecule has 11 heteroatoms. The number of hydrogen-bond donors (Lipinski definition) is 1. The van der Waals surface area contributed by atoms with Gasteiger partial charge >= 0.3 is 18.2 Å². The number of carbonyl (C=O) groups is 2. The lowest BCUT2D eigenvalue weighted by Crippen LogP contribution is -2.32. The summed E-state index contributed by atoms with van der Waals surface area (Å²) in [6.45, 7) is 4.72. The molecule has 0 aliphatic carbocycles. The summed E-state index contributed by atoms with van der Waals surface area (Å²) >= 11 is 0. The summed E-state index contributed by atoms with van der Waals surface area (Å²) in [5.74, 6) is -1.09. The number of methoxy groups -OCH3 is 1. The van der Waals surface area contributed by atoms with Gasteiger partial charge in [0.2, 0.25) is 5.88 Å². The van der Waals surface area contributed by atoms with Crippen LogP contribution in [0.4, 0.5) is 18.0 Å². The van der Waals surface area contributed by atoms with Gasteiger partial charge in [0, 0.05) is 24.9 Å². The van der Waals surface area contributed by atoms with E-state index in [1.165, 1.54) is 24.4 Å². The molecule has 162 valence electrons. The Balaban J connectivity index is 2.26. The number of alkyl carbamates (subject to hydrolysis) is 1. The summed E-state index contributed by atoms with van der Waals surface area (Å²) in [5.41, 5.74) is -1.97. The van der Waals surface area contributed by atoms with Crippen LogP contribution in [0.2, 0.25) is 0 Å². The van der Waals surface area contributed by atoms with Crippen molar-refractivity contribution in [3.63, 3.8) is 0 Å². The Bertz CT molecular complexity index is 926. The maximum atomic E-state index is 13.2. The van der Waals surface area contributed by atoms with Crippen molar-refractivity contribution in [3.05, 3.63) is 47.4 Å². The van der Waals surface area contributed by atoms with E-state index in [0.717, 1.165) is 13.2 Å². The molecule has 1 N–H and O–H groups in total. The predicted molar refractivity (Wildman–Crippen MR) is 98.0 cm³/mol. The summed E-state index contributed by atoms with van der Waals surface area (Å²) in [6, 6.07) is 4.56. The van der Waals surface area contributed by atoms with Gasteiger partial charge in [0.05, 0.1) is 7.11 Å². The number of carbonyl (C=O) groups excluding carboxylic acids is 2. The maximum Gasteiger partial charge on any atom is 0.433 e. The first-order valence-electron chi connectivity index (χ1n) is 8.64. The lowest BCUT2D eigenvalue weighted by atomic mass is 10.2. The number of pyridine rings is 2. The standard InChI is InChI=1S/C19H20F3N3O5/c1-18(2,3)30-17(27)24-10-11-7-14(19(20,21)22)25-15(8-11)29-12-5-6-23-13(9-12)16(26)28-4/h5-9H,10H2,1-4H3,(H,24,27). The first-order chi connectivity index (χ1) is 13.9. The van der Waals surface area contributed by atoms with Gasteiger partial charge in [-0.1, -0.05) is 0 Å². The third kappa shape index (κ3) is 6.90.